The third kappa shape index (κ3) is 4.12. The fourth-order valence-electron chi connectivity index (χ4n) is 2.58. The molecule has 1 aliphatic rings. The molecule has 1 heterocycles. The number of hydrogen-bond acceptors (Lipinski definition) is 1. The molecule has 1 aromatic carbocycles. The molecule has 18 heavy (non-hydrogen) atoms. The molecule has 2 rings (SSSR count). The molecule has 1 unspecified atom stereocenters. The highest BCUT2D eigenvalue weighted by molar-refractivity contribution is 9.09. The Morgan fingerprint density at radius 1 is 1.33 bits per heavy atom. The Morgan fingerprint density at radius 2 is 2.17 bits per heavy atom. The van der Waals surface area contributed by atoms with Crippen LogP contribution >= 0.6 is 39.1 Å². The summed E-state index contributed by atoms with van der Waals surface area (Å²) in [6.45, 7) is 3.30. The smallest absolute Gasteiger partial charge is 0.0465 e. The van der Waals surface area contributed by atoms with Gasteiger partial charge < -0.3 is 0 Å². The highest BCUT2D eigenvalue weighted by Crippen LogP contribution is 2.26. The topological polar surface area (TPSA) is 3.24 Å². The molecule has 0 spiro atoms. The Bertz CT molecular complexity index is 395. The molecule has 1 aliphatic heterocycles. The molecule has 1 aromatic rings. The second-order valence-electron chi connectivity index (χ2n) is 4.96. The van der Waals surface area contributed by atoms with E-state index in [-0.39, 0.29) is 0 Å². The molecule has 1 saturated heterocycles. The van der Waals surface area contributed by atoms with Crippen LogP contribution in [-0.4, -0.2) is 23.3 Å². The van der Waals surface area contributed by atoms with E-state index in [2.05, 4.69) is 20.8 Å². The molecule has 1 fully saturated rings. The van der Waals surface area contributed by atoms with Gasteiger partial charge in [0.1, 0.15) is 0 Å². The van der Waals surface area contributed by atoms with Gasteiger partial charge in [-0.1, -0.05) is 45.2 Å². The Kier molecular flexibility index (Phi) is 5.81. The minimum atomic E-state index is 0.708. The maximum Gasteiger partial charge on any atom is 0.0465 e. The predicted molar refractivity (Wildman–Crippen MR) is 82.9 cm³/mol. The fraction of sp³-hybridized carbons (Fsp3) is 0.571. The van der Waals surface area contributed by atoms with Crippen LogP contribution in [0.3, 0.4) is 0 Å². The first-order valence-electron chi connectivity index (χ1n) is 6.41. The first-order valence-corrected chi connectivity index (χ1v) is 8.29. The molecular formula is C14H18BrCl2N. The van der Waals surface area contributed by atoms with E-state index in [0.717, 1.165) is 22.8 Å². The van der Waals surface area contributed by atoms with Crippen LogP contribution in [0.15, 0.2) is 18.2 Å². The SMILES string of the molecule is Clc1ccc(CN2CCCC(CCBr)C2)c(Cl)c1. The molecule has 1 atom stereocenters. The lowest BCUT2D eigenvalue weighted by Gasteiger charge is -2.32. The number of halogens is 3. The van der Waals surface area contributed by atoms with Crippen molar-refractivity contribution < 1.29 is 0 Å². The van der Waals surface area contributed by atoms with Crippen molar-refractivity contribution in [3.05, 3.63) is 33.8 Å². The Balaban J connectivity index is 1.96. The van der Waals surface area contributed by atoms with Gasteiger partial charge in [0.25, 0.3) is 0 Å². The molecule has 100 valence electrons. The average molecular weight is 351 g/mol. The summed E-state index contributed by atoms with van der Waals surface area (Å²) in [4.78, 5) is 2.51. The van der Waals surface area contributed by atoms with Gasteiger partial charge in [-0.15, -0.1) is 0 Å². The van der Waals surface area contributed by atoms with Crippen LogP contribution in [0.25, 0.3) is 0 Å². The minimum absolute atomic E-state index is 0.708. The molecule has 0 bridgehead atoms. The molecule has 0 N–H and O–H groups in total. The van der Waals surface area contributed by atoms with Gasteiger partial charge in [-0.3, -0.25) is 4.90 Å². The van der Waals surface area contributed by atoms with Crippen molar-refractivity contribution >= 4 is 39.1 Å². The van der Waals surface area contributed by atoms with E-state index < -0.39 is 0 Å². The zero-order valence-corrected chi connectivity index (χ0v) is 13.4. The molecule has 0 saturated carbocycles. The van der Waals surface area contributed by atoms with E-state index in [9.17, 15) is 0 Å². The summed E-state index contributed by atoms with van der Waals surface area (Å²) in [5.41, 5.74) is 1.18. The van der Waals surface area contributed by atoms with Crippen molar-refractivity contribution in [2.75, 3.05) is 18.4 Å². The number of rotatable bonds is 4. The van der Waals surface area contributed by atoms with E-state index in [1.165, 1.54) is 37.9 Å². The third-order valence-electron chi connectivity index (χ3n) is 3.53. The maximum absolute atomic E-state index is 6.23. The van der Waals surface area contributed by atoms with Crippen molar-refractivity contribution in [1.82, 2.24) is 4.90 Å². The Hall–Kier alpha value is 0.240. The molecular weight excluding hydrogens is 333 g/mol. The summed E-state index contributed by atoms with van der Waals surface area (Å²) in [6.07, 6.45) is 3.92. The van der Waals surface area contributed by atoms with Crippen LogP contribution in [0.4, 0.5) is 0 Å². The van der Waals surface area contributed by atoms with E-state index in [0.29, 0.717) is 5.02 Å². The van der Waals surface area contributed by atoms with Crippen molar-refractivity contribution in [3.63, 3.8) is 0 Å². The van der Waals surface area contributed by atoms with E-state index in [1.807, 2.05) is 18.2 Å². The summed E-state index contributed by atoms with van der Waals surface area (Å²) in [5.74, 6) is 0.823. The lowest BCUT2D eigenvalue weighted by atomic mass is 9.95. The summed E-state index contributed by atoms with van der Waals surface area (Å²) in [6, 6.07) is 5.79. The fourth-order valence-corrected chi connectivity index (χ4v) is 3.69. The second kappa shape index (κ2) is 7.14. The normalized spacial score (nSPS) is 21.2. The van der Waals surface area contributed by atoms with Crippen LogP contribution in [0, 0.1) is 5.92 Å². The van der Waals surface area contributed by atoms with Gasteiger partial charge in [0, 0.05) is 28.5 Å². The molecule has 4 heteroatoms. The quantitative estimate of drug-likeness (QED) is 0.691. The maximum atomic E-state index is 6.23. The second-order valence-corrected chi connectivity index (χ2v) is 6.59. The van der Waals surface area contributed by atoms with Crippen molar-refractivity contribution in [2.45, 2.75) is 25.8 Å². The monoisotopic (exact) mass is 349 g/mol. The highest BCUT2D eigenvalue weighted by Gasteiger charge is 2.19. The van der Waals surface area contributed by atoms with Crippen LogP contribution in [0.5, 0.6) is 0 Å². The minimum Gasteiger partial charge on any atom is -0.299 e. The number of piperidine rings is 1. The Labute approximate surface area is 128 Å². The summed E-state index contributed by atoms with van der Waals surface area (Å²) in [5, 5.41) is 2.59. The number of nitrogens with zero attached hydrogens (tertiary/aromatic N) is 1. The lowest BCUT2D eigenvalue weighted by Crippen LogP contribution is -2.35. The molecule has 0 aromatic heterocycles. The number of alkyl halides is 1. The Morgan fingerprint density at radius 3 is 2.89 bits per heavy atom. The first kappa shape index (κ1) is 14.6. The highest BCUT2D eigenvalue weighted by atomic mass is 79.9. The van der Waals surface area contributed by atoms with E-state index >= 15 is 0 Å². The summed E-state index contributed by atoms with van der Waals surface area (Å²) in [7, 11) is 0. The lowest BCUT2D eigenvalue weighted by molar-refractivity contribution is 0.165. The largest absolute Gasteiger partial charge is 0.299 e. The number of hydrogen-bond donors (Lipinski definition) is 0. The van der Waals surface area contributed by atoms with Gasteiger partial charge in [0.2, 0.25) is 0 Å². The number of likely N-dealkylation sites (tertiary alicyclic amines) is 1. The molecule has 1 nitrogen and oxygen atoms in total. The molecule has 0 amide bonds. The zero-order chi connectivity index (χ0) is 13.0. The van der Waals surface area contributed by atoms with Crippen molar-refractivity contribution in [2.24, 2.45) is 5.92 Å². The third-order valence-corrected chi connectivity index (χ3v) is 4.57. The average Bonchev–Trinajstić information content (AvgIpc) is 2.34. The van der Waals surface area contributed by atoms with Crippen molar-refractivity contribution in [1.29, 1.82) is 0 Å². The predicted octanol–water partition coefficient (Wildman–Crippen LogP) is 4.99. The van der Waals surface area contributed by atoms with Gasteiger partial charge in [0.15, 0.2) is 0 Å². The van der Waals surface area contributed by atoms with Gasteiger partial charge >= 0.3 is 0 Å². The summed E-state index contributed by atoms with van der Waals surface area (Å²) >= 11 is 15.7. The zero-order valence-electron chi connectivity index (χ0n) is 10.3. The standard InChI is InChI=1S/C14H18BrCl2N/c15-6-5-11-2-1-7-18(9-11)10-12-3-4-13(16)8-14(12)17/h3-4,8,11H,1-2,5-7,9-10H2. The first-order chi connectivity index (χ1) is 8.69. The molecule has 0 aliphatic carbocycles. The van der Waals surface area contributed by atoms with Crippen LogP contribution < -0.4 is 0 Å². The van der Waals surface area contributed by atoms with E-state index in [1.54, 1.807) is 0 Å². The van der Waals surface area contributed by atoms with Gasteiger partial charge in [-0.25, -0.2) is 0 Å². The van der Waals surface area contributed by atoms with Gasteiger partial charge in [-0.2, -0.15) is 0 Å². The van der Waals surface area contributed by atoms with Crippen LogP contribution in [0.1, 0.15) is 24.8 Å². The van der Waals surface area contributed by atoms with Crippen LogP contribution in [0.2, 0.25) is 10.0 Å². The number of benzene rings is 1. The van der Waals surface area contributed by atoms with Crippen molar-refractivity contribution in [3.8, 4) is 0 Å². The molecule has 0 radical (unpaired) electrons. The summed E-state index contributed by atoms with van der Waals surface area (Å²) < 4.78 is 0. The van der Waals surface area contributed by atoms with E-state index in [4.69, 9.17) is 23.2 Å². The van der Waals surface area contributed by atoms with Crippen LogP contribution in [-0.2, 0) is 6.54 Å². The van der Waals surface area contributed by atoms with Gasteiger partial charge in [0.05, 0.1) is 0 Å². The van der Waals surface area contributed by atoms with Gasteiger partial charge in [-0.05, 0) is 49.4 Å².